The Labute approximate surface area is 227 Å². The van der Waals surface area contributed by atoms with Crippen molar-refractivity contribution in [2.75, 3.05) is 24.4 Å². The predicted octanol–water partition coefficient (Wildman–Crippen LogP) is 5.59. The van der Waals surface area contributed by atoms with Crippen LogP contribution in [0.1, 0.15) is 50.4 Å². The van der Waals surface area contributed by atoms with Gasteiger partial charge < -0.3 is 19.9 Å². The minimum absolute atomic E-state index is 0.0378. The van der Waals surface area contributed by atoms with E-state index in [9.17, 15) is 19.5 Å². The molecule has 1 saturated heterocycles. The van der Waals surface area contributed by atoms with Crippen LogP contribution in [0.2, 0.25) is 0 Å². The standard InChI is InChI=1S/C31H32N2O6/c1-18(34)32-21-11-13-22(14-12-21)33-27(19-8-7-9-23(16-19)38-5)26(29(36)30(33)37)28(35)20-10-15-25(39-6)24(17-20)31(2,3)4/h7-17,27,35H,1-6H3,(H,32,34)/b28-26-. The molecule has 3 aromatic rings. The lowest BCUT2D eigenvalue weighted by Gasteiger charge is -2.26. The third kappa shape index (κ3) is 5.36. The van der Waals surface area contributed by atoms with Crippen LogP contribution >= 0.6 is 0 Å². The van der Waals surface area contributed by atoms with Gasteiger partial charge in [-0.15, -0.1) is 0 Å². The Kier molecular flexibility index (Phi) is 7.49. The zero-order valence-corrected chi connectivity index (χ0v) is 22.9. The molecule has 1 aliphatic heterocycles. The Morgan fingerprint density at radius 2 is 1.64 bits per heavy atom. The van der Waals surface area contributed by atoms with Gasteiger partial charge in [-0.1, -0.05) is 32.9 Å². The summed E-state index contributed by atoms with van der Waals surface area (Å²) in [4.78, 5) is 39.8. The number of anilines is 2. The summed E-state index contributed by atoms with van der Waals surface area (Å²) in [6.07, 6.45) is 0. The molecular weight excluding hydrogens is 496 g/mol. The molecule has 0 spiro atoms. The normalized spacial score (nSPS) is 16.8. The highest BCUT2D eigenvalue weighted by Crippen LogP contribution is 2.44. The number of ketones is 1. The largest absolute Gasteiger partial charge is 0.507 e. The number of nitrogens with one attached hydrogen (secondary N) is 1. The molecule has 0 saturated carbocycles. The quantitative estimate of drug-likeness (QED) is 0.246. The van der Waals surface area contributed by atoms with Crippen molar-refractivity contribution in [3.05, 3.63) is 89.0 Å². The monoisotopic (exact) mass is 528 g/mol. The van der Waals surface area contributed by atoms with E-state index in [2.05, 4.69) is 5.32 Å². The van der Waals surface area contributed by atoms with Crippen molar-refractivity contribution in [1.82, 2.24) is 0 Å². The van der Waals surface area contributed by atoms with Gasteiger partial charge in [0, 0.05) is 29.4 Å². The van der Waals surface area contributed by atoms with Crippen molar-refractivity contribution in [2.24, 2.45) is 0 Å². The molecule has 0 bridgehead atoms. The highest BCUT2D eigenvalue weighted by Gasteiger charge is 2.47. The van der Waals surface area contributed by atoms with Crippen LogP contribution in [-0.4, -0.2) is 36.9 Å². The van der Waals surface area contributed by atoms with Crippen LogP contribution < -0.4 is 19.7 Å². The van der Waals surface area contributed by atoms with Crippen molar-refractivity contribution in [1.29, 1.82) is 0 Å². The zero-order chi connectivity index (χ0) is 28.5. The predicted molar refractivity (Wildman–Crippen MR) is 150 cm³/mol. The molecular formula is C31H32N2O6. The Balaban J connectivity index is 1.92. The van der Waals surface area contributed by atoms with E-state index < -0.39 is 17.7 Å². The van der Waals surface area contributed by atoms with Gasteiger partial charge in [0.1, 0.15) is 17.3 Å². The maximum atomic E-state index is 13.5. The van der Waals surface area contributed by atoms with Gasteiger partial charge in [0.2, 0.25) is 5.91 Å². The second kappa shape index (κ2) is 10.6. The second-order valence-electron chi connectivity index (χ2n) is 10.3. The molecule has 0 aromatic heterocycles. The summed E-state index contributed by atoms with van der Waals surface area (Å²) in [5.41, 5.74) is 2.46. The maximum Gasteiger partial charge on any atom is 0.300 e. The number of carbonyl (C=O) groups excluding carboxylic acids is 3. The summed E-state index contributed by atoms with van der Waals surface area (Å²) in [5, 5.41) is 14.3. The van der Waals surface area contributed by atoms with Crippen LogP contribution in [0.15, 0.2) is 72.3 Å². The lowest BCUT2D eigenvalue weighted by molar-refractivity contribution is -0.132. The number of hydrogen-bond acceptors (Lipinski definition) is 6. The summed E-state index contributed by atoms with van der Waals surface area (Å²) in [7, 11) is 3.11. The number of carbonyl (C=O) groups is 3. The molecule has 8 heteroatoms. The van der Waals surface area contributed by atoms with Crippen molar-refractivity contribution in [2.45, 2.75) is 39.2 Å². The summed E-state index contributed by atoms with van der Waals surface area (Å²) in [6.45, 7) is 7.47. The van der Waals surface area contributed by atoms with E-state index >= 15 is 0 Å². The highest BCUT2D eigenvalue weighted by atomic mass is 16.5. The Morgan fingerprint density at radius 1 is 0.949 bits per heavy atom. The SMILES string of the molecule is COc1cccc(C2/C(=C(/O)c3ccc(OC)c(C(C)(C)C)c3)C(=O)C(=O)N2c2ccc(NC(C)=O)cc2)c1. The number of rotatable bonds is 6. The van der Waals surface area contributed by atoms with Crippen molar-refractivity contribution < 1.29 is 29.0 Å². The molecule has 1 aliphatic rings. The first-order valence-corrected chi connectivity index (χ1v) is 12.5. The van der Waals surface area contributed by atoms with Crippen molar-refractivity contribution in [3.8, 4) is 11.5 Å². The molecule has 3 aromatic carbocycles. The molecule has 2 N–H and O–H groups in total. The molecule has 8 nitrogen and oxygen atoms in total. The molecule has 1 fully saturated rings. The fourth-order valence-electron chi connectivity index (χ4n) is 4.73. The summed E-state index contributed by atoms with van der Waals surface area (Å²) >= 11 is 0. The number of ether oxygens (including phenoxy) is 2. The summed E-state index contributed by atoms with van der Waals surface area (Å²) in [5.74, 6) is -0.900. The van der Waals surface area contributed by atoms with Crippen molar-refractivity contribution >= 4 is 34.7 Å². The van der Waals surface area contributed by atoms with E-state index in [1.165, 1.54) is 18.9 Å². The molecule has 1 atom stereocenters. The molecule has 1 unspecified atom stereocenters. The van der Waals surface area contributed by atoms with Crippen LogP contribution in [0.5, 0.6) is 11.5 Å². The Hall–Kier alpha value is -4.59. The number of Topliss-reactive ketones (excluding diaryl/α,β-unsaturated/α-hetero) is 1. The van der Waals surface area contributed by atoms with E-state index in [1.54, 1.807) is 73.8 Å². The van der Waals surface area contributed by atoms with Gasteiger partial charge in [-0.05, 0) is 65.6 Å². The molecule has 4 rings (SSSR count). The van der Waals surface area contributed by atoms with Gasteiger partial charge in [0.05, 0.1) is 25.8 Å². The smallest absolute Gasteiger partial charge is 0.300 e. The van der Waals surface area contributed by atoms with Gasteiger partial charge in [-0.25, -0.2) is 0 Å². The van der Waals surface area contributed by atoms with E-state index in [-0.39, 0.29) is 22.7 Å². The molecule has 2 amide bonds. The second-order valence-corrected chi connectivity index (χ2v) is 10.3. The third-order valence-electron chi connectivity index (χ3n) is 6.60. The summed E-state index contributed by atoms with van der Waals surface area (Å²) < 4.78 is 10.9. The van der Waals surface area contributed by atoms with Gasteiger partial charge in [0.25, 0.3) is 11.7 Å². The first kappa shape index (κ1) is 27.4. The number of hydrogen-bond donors (Lipinski definition) is 2. The van der Waals surface area contributed by atoms with Crippen molar-refractivity contribution in [3.63, 3.8) is 0 Å². The first-order chi connectivity index (χ1) is 18.5. The minimum Gasteiger partial charge on any atom is -0.507 e. The molecule has 0 radical (unpaired) electrons. The first-order valence-electron chi connectivity index (χ1n) is 12.5. The maximum absolute atomic E-state index is 13.5. The lowest BCUT2D eigenvalue weighted by Crippen LogP contribution is -2.29. The average Bonchev–Trinajstić information content (AvgIpc) is 3.17. The number of aliphatic hydroxyl groups excluding tert-OH is 1. The average molecular weight is 529 g/mol. The topological polar surface area (TPSA) is 105 Å². The van der Waals surface area contributed by atoms with Crippen LogP contribution in [0, 0.1) is 0 Å². The third-order valence-corrected chi connectivity index (χ3v) is 6.60. The number of amides is 2. The number of nitrogens with zero attached hydrogens (tertiary/aromatic N) is 1. The fraction of sp³-hybridized carbons (Fsp3) is 0.258. The van der Waals surface area contributed by atoms with Crippen LogP contribution in [0.4, 0.5) is 11.4 Å². The summed E-state index contributed by atoms with van der Waals surface area (Å²) in [6, 6.07) is 17.9. The molecule has 39 heavy (non-hydrogen) atoms. The van der Waals surface area contributed by atoms with Gasteiger partial charge >= 0.3 is 0 Å². The Morgan fingerprint density at radius 3 is 2.23 bits per heavy atom. The van der Waals surface area contributed by atoms with Gasteiger partial charge in [-0.3, -0.25) is 19.3 Å². The molecule has 1 heterocycles. The number of aliphatic hydroxyl groups is 1. The zero-order valence-electron chi connectivity index (χ0n) is 22.9. The number of benzene rings is 3. The van der Waals surface area contributed by atoms with E-state index in [1.807, 2.05) is 20.8 Å². The van der Waals surface area contributed by atoms with Crippen LogP contribution in [0.3, 0.4) is 0 Å². The van der Waals surface area contributed by atoms with Gasteiger partial charge in [-0.2, -0.15) is 0 Å². The van der Waals surface area contributed by atoms with Crippen LogP contribution in [0.25, 0.3) is 5.76 Å². The van der Waals surface area contributed by atoms with Crippen LogP contribution in [-0.2, 0) is 19.8 Å². The molecule has 0 aliphatic carbocycles. The fourth-order valence-corrected chi connectivity index (χ4v) is 4.73. The minimum atomic E-state index is -0.924. The van der Waals surface area contributed by atoms with E-state index in [0.717, 1.165) is 5.56 Å². The highest BCUT2D eigenvalue weighted by molar-refractivity contribution is 6.51. The van der Waals surface area contributed by atoms with E-state index in [0.29, 0.717) is 34.0 Å². The van der Waals surface area contributed by atoms with E-state index in [4.69, 9.17) is 9.47 Å². The lowest BCUT2D eigenvalue weighted by atomic mass is 9.84. The Bertz CT molecular complexity index is 1470. The number of methoxy groups -OCH3 is 2. The molecule has 202 valence electrons. The van der Waals surface area contributed by atoms with Gasteiger partial charge in [0.15, 0.2) is 0 Å².